The van der Waals surface area contributed by atoms with Crippen LogP contribution in [0.25, 0.3) is 0 Å². The molecule has 16 heavy (non-hydrogen) atoms. The fourth-order valence-electron chi connectivity index (χ4n) is 0.874. The minimum absolute atomic E-state index is 0.0775. The van der Waals surface area contributed by atoms with Crippen LogP contribution in [-0.4, -0.2) is 27.7 Å². The summed E-state index contributed by atoms with van der Waals surface area (Å²) in [5.41, 5.74) is -0.670. The maximum atomic E-state index is 11.1. The highest BCUT2D eigenvalue weighted by Crippen LogP contribution is 2.03. The van der Waals surface area contributed by atoms with E-state index < -0.39 is 16.6 Å². The highest BCUT2D eigenvalue weighted by molar-refractivity contribution is 5.86. The largest absolute Gasteiger partial charge is 0.458 e. The molecule has 1 aromatic heterocycles. The van der Waals surface area contributed by atoms with Gasteiger partial charge >= 0.3 is 11.7 Å². The number of hydrogen-bond acceptors (Lipinski definition) is 6. The standard InChI is InChI=1S/C8H10N4O4/c1-2-16-8(13)6(12(14)15)5-9-7-3-4-10-11-7/h3-5H,2H2,1H3,(H2,9,10,11). The lowest BCUT2D eigenvalue weighted by atomic mass is 10.5. The second kappa shape index (κ2) is 5.49. The Kier molecular flexibility index (Phi) is 4.01. The van der Waals surface area contributed by atoms with Crippen molar-refractivity contribution in [3.05, 3.63) is 34.3 Å². The third-order valence-electron chi connectivity index (χ3n) is 1.55. The van der Waals surface area contributed by atoms with Gasteiger partial charge in [-0.05, 0) is 6.92 Å². The Bertz CT molecular complexity index is 398. The van der Waals surface area contributed by atoms with Gasteiger partial charge in [0.15, 0.2) is 0 Å². The molecule has 0 aliphatic carbocycles. The molecule has 2 N–H and O–H groups in total. The summed E-state index contributed by atoms with van der Waals surface area (Å²) in [6.45, 7) is 1.64. The Balaban J connectivity index is 2.73. The van der Waals surface area contributed by atoms with E-state index in [1.807, 2.05) is 0 Å². The number of esters is 1. The zero-order valence-electron chi connectivity index (χ0n) is 8.47. The average molecular weight is 226 g/mol. The SMILES string of the molecule is CCOC(=O)C(=CNc1ccn[nH]1)[N+](=O)[O-]. The van der Waals surface area contributed by atoms with Crippen LogP contribution >= 0.6 is 0 Å². The molecule has 0 unspecified atom stereocenters. The zero-order valence-corrected chi connectivity index (χ0v) is 8.47. The molecule has 0 aliphatic rings. The predicted molar refractivity (Wildman–Crippen MR) is 53.9 cm³/mol. The molecule has 0 amide bonds. The number of nitrogens with zero attached hydrogens (tertiary/aromatic N) is 2. The number of anilines is 1. The number of nitrogens with one attached hydrogen (secondary N) is 2. The molecule has 0 fully saturated rings. The first-order valence-electron chi connectivity index (χ1n) is 4.42. The number of aromatic nitrogens is 2. The lowest BCUT2D eigenvalue weighted by Crippen LogP contribution is -2.16. The first kappa shape index (κ1) is 11.7. The van der Waals surface area contributed by atoms with Crippen molar-refractivity contribution in [2.24, 2.45) is 0 Å². The van der Waals surface area contributed by atoms with Gasteiger partial charge in [0.25, 0.3) is 0 Å². The summed E-state index contributed by atoms with van der Waals surface area (Å²) in [6.07, 6.45) is 2.41. The highest BCUT2D eigenvalue weighted by Gasteiger charge is 2.23. The minimum atomic E-state index is -0.987. The topological polar surface area (TPSA) is 110 Å². The third kappa shape index (κ3) is 3.08. The first-order valence-corrected chi connectivity index (χ1v) is 4.42. The summed E-state index contributed by atoms with van der Waals surface area (Å²) in [5.74, 6) is -0.553. The summed E-state index contributed by atoms with van der Waals surface area (Å²) in [6, 6.07) is 1.55. The van der Waals surface area contributed by atoms with E-state index in [2.05, 4.69) is 20.3 Å². The van der Waals surface area contributed by atoms with Gasteiger partial charge in [-0.2, -0.15) is 5.10 Å². The molecule has 0 radical (unpaired) electrons. The number of rotatable bonds is 5. The van der Waals surface area contributed by atoms with E-state index in [9.17, 15) is 14.9 Å². The van der Waals surface area contributed by atoms with Gasteiger partial charge in [0.1, 0.15) is 5.82 Å². The Morgan fingerprint density at radius 2 is 2.56 bits per heavy atom. The monoisotopic (exact) mass is 226 g/mol. The van der Waals surface area contributed by atoms with E-state index >= 15 is 0 Å². The Morgan fingerprint density at radius 3 is 3.06 bits per heavy atom. The minimum Gasteiger partial charge on any atom is -0.458 e. The van der Waals surface area contributed by atoms with Crippen molar-refractivity contribution >= 4 is 11.8 Å². The lowest BCUT2D eigenvalue weighted by Gasteiger charge is -1.99. The van der Waals surface area contributed by atoms with Crippen LogP contribution in [0.15, 0.2) is 24.2 Å². The summed E-state index contributed by atoms with van der Waals surface area (Å²) in [4.78, 5) is 20.9. The van der Waals surface area contributed by atoms with Crippen LogP contribution in [-0.2, 0) is 9.53 Å². The van der Waals surface area contributed by atoms with Crippen molar-refractivity contribution in [3.8, 4) is 0 Å². The van der Waals surface area contributed by atoms with Gasteiger partial charge in [0.05, 0.1) is 23.9 Å². The van der Waals surface area contributed by atoms with E-state index in [1.165, 1.54) is 6.20 Å². The van der Waals surface area contributed by atoms with Gasteiger partial charge in [0.2, 0.25) is 0 Å². The van der Waals surface area contributed by atoms with Gasteiger partial charge < -0.3 is 10.1 Å². The van der Waals surface area contributed by atoms with Crippen LogP contribution in [0.2, 0.25) is 0 Å². The van der Waals surface area contributed by atoms with Crippen LogP contribution in [0.5, 0.6) is 0 Å². The van der Waals surface area contributed by atoms with E-state index in [-0.39, 0.29) is 6.61 Å². The normalized spacial score (nSPS) is 10.9. The Hall–Kier alpha value is -2.38. The number of aromatic amines is 1. The molecule has 0 saturated carbocycles. The molecule has 8 nitrogen and oxygen atoms in total. The van der Waals surface area contributed by atoms with E-state index in [1.54, 1.807) is 13.0 Å². The molecule has 0 aromatic carbocycles. The van der Waals surface area contributed by atoms with Crippen LogP contribution in [0, 0.1) is 10.1 Å². The van der Waals surface area contributed by atoms with Crippen molar-refractivity contribution in [3.63, 3.8) is 0 Å². The summed E-state index contributed by atoms with van der Waals surface area (Å²) >= 11 is 0. The van der Waals surface area contributed by atoms with E-state index in [0.717, 1.165) is 6.20 Å². The van der Waals surface area contributed by atoms with Gasteiger partial charge in [-0.3, -0.25) is 15.2 Å². The summed E-state index contributed by atoms with van der Waals surface area (Å²) in [5, 5.41) is 19.2. The summed E-state index contributed by atoms with van der Waals surface area (Å²) < 4.78 is 4.52. The quantitative estimate of drug-likeness (QED) is 0.327. The number of hydrogen-bond donors (Lipinski definition) is 2. The molecule has 0 saturated heterocycles. The fraction of sp³-hybridized carbons (Fsp3) is 0.250. The molecule has 0 atom stereocenters. The van der Waals surface area contributed by atoms with Crippen LogP contribution in [0.3, 0.4) is 0 Å². The molecular formula is C8H10N4O4. The number of ether oxygens (including phenoxy) is 1. The molecule has 1 heterocycles. The van der Waals surface area contributed by atoms with Gasteiger partial charge in [-0.25, -0.2) is 4.79 Å². The van der Waals surface area contributed by atoms with E-state index in [4.69, 9.17) is 0 Å². The van der Waals surface area contributed by atoms with Crippen molar-refractivity contribution in [1.82, 2.24) is 10.2 Å². The van der Waals surface area contributed by atoms with Gasteiger partial charge in [0, 0.05) is 6.07 Å². The Morgan fingerprint density at radius 1 is 1.81 bits per heavy atom. The van der Waals surface area contributed by atoms with Crippen LogP contribution < -0.4 is 5.32 Å². The van der Waals surface area contributed by atoms with Crippen molar-refractivity contribution in [2.45, 2.75) is 6.92 Å². The molecule has 8 heteroatoms. The number of nitro groups is 1. The first-order chi connectivity index (χ1) is 7.65. The average Bonchev–Trinajstić information content (AvgIpc) is 2.70. The molecular weight excluding hydrogens is 216 g/mol. The second-order valence-electron chi connectivity index (χ2n) is 2.62. The van der Waals surface area contributed by atoms with Crippen molar-refractivity contribution in [2.75, 3.05) is 11.9 Å². The lowest BCUT2D eigenvalue weighted by molar-refractivity contribution is -0.421. The number of H-pyrrole nitrogens is 1. The number of carbonyl (C=O) groups is 1. The maximum absolute atomic E-state index is 11.1. The predicted octanol–water partition coefficient (Wildman–Crippen LogP) is 0.503. The summed E-state index contributed by atoms with van der Waals surface area (Å²) in [7, 11) is 0. The van der Waals surface area contributed by atoms with E-state index in [0.29, 0.717) is 5.82 Å². The molecule has 1 rings (SSSR count). The molecule has 86 valence electrons. The molecule has 0 spiro atoms. The fourth-order valence-corrected chi connectivity index (χ4v) is 0.874. The van der Waals surface area contributed by atoms with Crippen molar-refractivity contribution < 1.29 is 14.5 Å². The maximum Gasteiger partial charge on any atom is 0.411 e. The van der Waals surface area contributed by atoms with Gasteiger partial charge in [-0.15, -0.1) is 0 Å². The number of carbonyl (C=O) groups excluding carboxylic acids is 1. The molecule has 0 bridgehead atoms. The Labute approximate surface area is 90.4 Å². The molecule has 0 aliphatic heterocycles. The zero-order chi connectivity index (χ0) is 12.0. The van der Waals surface area contributed by atoms with Crippen molar-refractivity contribution in [1.29, 1.82) is 0 Å². The van der Waals surface area contributed by atoms with Gasteiger partial charge in [-0.1, -0.05) is 0 Å². The van der Waals surface area contributed by atoms with Crippen LogP contribution in [0.1, 0.15) is 6.92 Å². The second-order valence-corrected chi connectivity index (χ2v) is 2.62. The smallest absolute Gasteiger partial charge is 0.411 e. The third-order valence-corrected chi connectivity index (χ3v) is 1.55. The molecule has 1 aromatic rings. The highest BCUT2D eigenvalue weighted by atomic mass is 16.6. The van der Waals surface area contributed by atoms with Crippen LogP contribution in [0.4, 0.5) is 5.82 Å².